The van der Waals surface area contributed by atoms with Crippen LogP contribution >= 0.6 is 0 Å². The minimum atomic E-state index is -1.41. The normalized spacial score (nSPS) is 12.2. The molecule has 3 nitrogen and oxygen atoms in total. The lowest BCUT2D eigenvalue weighted by molar-refractivity contribution is 0.282. The van der Waals surface area contributed by atoms with Gasteiger partial charge in [0.05, 0.1) is 6.61 Å². The first-order valence-electron chi connectivity index (χ1n) is 5.72. The first kappa shape index (κ1) is 13.1. The van der Waals surface area contributed by atoms with Crippen molar-refractivity contribution in [3.05, 3.63) is 24.3 Å². The van der Waals surface area contributed by atoms with Crippen LogP contribution in [0.15, 0.2) is 24.3 Å². The summed E-state index contributed by atoms with van der Waals surface area (Å²) in [7, 11) is -1.41. The molecule has 0 radical (unpaired) electrons. The van der Waals surface area contributed by atoms with Gasteiger partial charge >= 0.3 is 7.12 Å². The van der Waals surface area contributed by atoms with Crippen LogP contribution in [0.25, 0.3) is 0 Å². The van der Waals surface area contributed by atoms with Crippen molar-refractivity contribution in [2.24, 2.45) is 5.92 Å². The summed E-state index contributed by atoms with van der Waals surface area (Å²) in [6.45, 7) is 5.08. The molecule has 1 atom stereocenters. The van der Waals surface area contributed by atoms with Gasteiger partial charge in [0.15, 0.2) is 0 Å². The van der Waals surface area contributed by atoms with E-state index in [1.165, 1.54) is 6.42 Å². The topological polar surface area (TPSA) is 49.7 Å². The molecule has 4 heteroatoms. The van der Waals surface area contributed by atoms with E-state index in [0.29, 0.717) is 18.0 Å². The van der Waals surface area contributed by atoms with Gasteiger partial charge in [-0.05, 0) is 29.9 Å². The largest absolute Gasteiger partial charge is 0.494 e. The molecule has 1 aromatic carbocycles. The Hall–Kier alpha value is -0.995. The van der Waals surface area contributed by atoms with E-state index in [9.17, 15) is 0 Å². The van der Waals surface area contributed by atoms with E-state index in [2.05, 4.69) is 13.8 Å². The lowest BCUT2D eigenvalue weighted by atomic mass is 9.80. The Morgan fingerprint density at radius 2 is 1.88 bits per heavy atom. The highest BCUT2D eigenvalue weighted by Crippen LogP contribution is 2.11. The maximum absolute atomic E-state index is 8.91. The van der Waals surface area contributed by atoms with Crippen molar-refractivity contribution in [2.75, 3.05) is 6.61 Å². The molecule has 0 fully saturated rings. The second kappa shape index (κ2) is 6.56. The highest BCUT2D eigenvalue weighted by atomic mass is 16.5. The summed E-state index contributed by atoms with van der Waals surface area (Å²) in [5.41, 5.74) is 0.481. The van der Waals surface area contributed by atoms with E-state index < -0.39 is 7.12 Å². The zero-order chi connectivity index (χ0) is 12.0. The van der Waals surface area contributed by atoms with Crippen molar-refractivity contribution in [3.63, 3.8) is 0 Å². The number of benzene rings is 1. The molecule has 88 valence electrons. The predicted octanol–water partition coefficient (Wildman–Crippen LogP) is 1.18. The van der Waals surface area contributed by atoms with Crippen LogP contribution in [0.5, 0.6) is 5.75 Å². The van der Waals surface area contributed by atoms with E-state index in [-0.39, 0.29) is 0 Å². The van der Waals surface area contributed by atoms with Crippen LogP contribution in [0.3, 0.4) is 0 Å². The molecule has 2 N–H and O–H groups in total. The van der Waals surface area contributed by atoms with Gasteiger partial charge in [-0.1, -0.05) is 32.4 Å². The summed E-state index contributed by atoms with van der Waals surface area (Å²) in [5, 5.41) is 17.8. The number of rotatable bonds is 6. The molecule has 1 aromatic rings. The second-order valence-electron chi connectivity index (χ2n) is 4.09. The van der Waals surface area contributed by atoms with E-state index in [0.717, 1.165) is 12.2 Å². The summed E-state index contributed by atoms with van der Waals surface area (Å²) in [6.07, 6.45) is 2.21. The molecule has 1 unspecified atom stereocenters. The smallest absolute Gasteiger partial charge is 0.488 e. The van der Waals surface area contributed by atoms with Crippen molar-refractivity contribution in [3.8, 4) is 5.75 Å². The predicted molar refractivity (Wildman–Crippen MR) is 65.8 cm³/mol. The number of hydrogen-bond donors (Lipinski definition) is 2. The zero-order valence-electron chi connectivity index (χ0n) is 9.89. The van der Waals surface area contributed by atoms with Gasteiger partial charge in [0.1, 0.15) is 5.75 Å². The summed E-state index contributed by atoms with van der Waals surface area (Å²) in [5.74, 6) is 1.45. The average molecular weight is 222 g/mol. The molecule has 0 aromatic heterocycles. The van der Waals surface area contributed by atoms with Gasteiger partial charge in [-0.15, -0.1) is 0 Å². The van der Waals surface area contributed by atoms with E-state index >= 15 is 0 Å². The molecule has 0 aliphatic carbocycles. The number of ether oxygens (including phenoxy) is 1. The molecular formula is C12H19BO3. The van der Waals surface area contributed by atoms with Crippen LogP contribution in [0.4, 0.5) is 0 Å². The Morgan fingerprint density at radius 1 is 1.25 bits per heavy atom. The first-order valence-corrected chi connectivity index (χ1v) is 5.72. The van der Waals surface area contributed by atoms with Crippen LogP contribution in [0.2, 0.25) is 0 Å². The van der Waals surface area contributed by atoms with Crippen molar-refractivity contribution in [1.29, 1.82) is 0 Å². The van der Waals surface area contributed by atoms with Gasteiger partial charge < -0.3 is 14.8 Å². The lowest BCUT2D eigenvalue weighted by Gasteiger charge is -2.10. The Kier molecular flexibility index (Phi) is 5.36. The minimum absolute atomic E-state index is 0.481. The third-order valence-corrected chi connectivity index (χ3v) is 2.75. The number of hydrogen-bond acceptors (Lipinski definition) is 3. The lowest BCUT2D eigenvalue weighted by Crippen LogP contribution is -2.29. The molecule has 0 aliphatic rings. The van der Waals surface area contributed by atoms with Gasteiger partial charge in [0, 0.05) is 0 Å². The third-order valence-electron chi connectivity index (χ3n) is 2.75. The van der Waals surface area contributed by atoms with E-state index in [4.69, 9.17) is 14.8 Å². The average Bonchev–Trinajstić information content (AvgIpc) is 2.29. The maximum Gasteiger partial charge on any atom is 0.488 e. The fourth-order valence-corrected chi connectivity index (χ4v) is 1.32. The Bertz CT molecular complexity index is 298. The summed E-state index contributed by atoms with van der Waals surface area (Å²) in [6, 6.07) is 6.82. The SMILES string of the molecule is CCC(C)CCOc1ccc(B(O)O)cc1. The van der Waals surface area contributed by atoms with E-state index in [1.54, 1.807) is 24.3 Å². The van der Waals surface area contributed by atoms with Crippen LogP contribution in [-0.4, -0.2) is 23.8 Å². The third kappa shape index (κ3) is 4.25. The molecular weight excluding hydrogens is 203 g/mol. The summed E-state index contributed by atoms with van der Waals surface area (Å²) >= 11 is 0. The van der Waals surface area contributed by atoms with Crippen LogP contribution in [-0.2, 0) is 0 Å². The Labute approximate surface area is 97.2 Å². The van der Waals surface area contributed by atoms with Crippen molar-refractivity contribution in [1.82, 2.24) is 0 Å². The van der Waals surface area contributed by atoms with Gasteiger partial charge in [0.2, 0.25) is 0 Å². The molecule has 0 saturated carbocycles. The molecule has 0 heterocycles. The fraction of sp³-hybridized carbons (Fsp3) is 0.500. The minimum Gasteiger partial charge on any atom is -0.494 e. The Morgan fingerprint density at radius 3 is 2.38 bits per heavy atom. The van der Waals surface area contributed by atoms with Crippen LogP contribution < -0.4 is 10.2 Å². The molecule has 0 aliphatic heterocycles. The molecule has 0 bridgehead atoms. The van der Waals surface area contributed by atoms with Gasteiger partial charge in [-0.2, -0.15) is 0 Å². The second-order valence-corrected chi connectivity index (χ2v) is 4.09. The summed E-state index contributed by atoms with van der Waals surface area (Å²) in [4.78, 5) is 0. The van der Waals surface area contributed by atoms with Crippen molar-refractivity contribution >= 4 is 12.6 Å². The highest BCUT2D eigenvalue weighted by molar-refractivity contribution is 6.58. The van der Waals surface area contributed by atoms with Crippen molar-refractivity contribution in [2.45, 2.75) is 26.7 Å². The quantitative estimate of drug-likeness (QED) is 0.710. The molecule has 0 saturated heterocycles. The van der Waals surface area contributed by atoms with Crippen LogP contribution in [0.1, 0.15) is 26.7 Å². The standard InChI is InChI=1S/C12H19BO3/c1-3-10(2)8-9-16-12-6-4-11(5-7-12)13(14)15/h4-7,10,14-15H,3,8-9H2,1-2H3. The summed E-state index contributed by atoms with van der Waals surface area (Å²) < 4.78 is 5.55. The molecule has 1 rings (SSSR count). The first-order chi connectivity index (χ1) is 7.63. The maximum atomic E-state index is 8.91. The van der Waals surface area contributed by atoms with Gasteiger partial charge in [-0.25, -0.2) is 0 Å². The zero-order valence-corrected chi connectivity index (χ0v) is 9.89. The Balaban J connectivity index is 2.38. The van der Waals surface area contributed by atoms with Gasteiger partial charge in [0.25, 0.3) is 0 Å². The van der Waals surface area contributed by atoms with Crippen LogP contribution in [0, 0.1) is 5.92 Å². The molecule has 16 heavy (non-hydrogen) atoms. The monoisotopic (exact) mass is 222 g/mol. The molecule has 0 spiro atoms. The highest BCUT2D eigenvalue weighted by Gasteiger charge is 2.09. The molecule has 0 amide bonds. The van der Waals surface area contributed by atoms with Gasteiger partial charge in [-0.3, -0.25) is 0 Å². The fourth-order valence-electron chi connectivity index (χ4n) is 1.32. The van der Waals surface area contributed by atoms with Crippen molar-refractivity contribution < 1.29 is 14.8 Å². The van der Waals surface area contributed by atoms with E-state index in [1.807, 2.05) is 0 Å².